The van der Waals surface area contributed by atoms with E-state index in [0.717, 1.165) is 49.9 Å². The smallest absolute Gasteiger partial charge is 0.256 e. The highest BCUT2D eigenvalue weighted by molar-refractivity contribution is 5.86. The van der Waals surface area contributed by atoms with Crippen LogP contribution in [0.4, 0.5) is 11.6 Å². The molecule has 0 radical (unpaired) electrons. The summed E-state index contributed by atoms with van der Waals surface area (Å²) < 4.78 is 1.85. The number of halogens is 3. The Morgan fingerprint density at radius 3 is 2.57 bits per heavy atom. The Bertz CT molecular complexity index is 917. The molecule has 0 spiro atoms. The zero-order chi connectivity index (χ0) is 18.8. The highest BCUT2D eigenvalue weighted by Gasteiger charge is 2.21. The SMILES string of the molecule is CCN(CC)c1cc(N2CCNC(C)C2)nc2nc(-c3cccnc3)nn12.Cl.Cl.Cl. The van der Waals surface area contributed by atoms with Crippen LogP contribution < -0.4 is 15.1 Å². The number of nitrogens with one attached hydrogen (secondary N) is 1. The first-order valence-corrected chi connectivity index (χ1v) is 9.61. The molecule has 1 saturated heterocycles. The second-order valence-corrected chi connectivity index (χ2v) is 6.83. The molecular formula is C19H29Cl3N8. The van der Waals surface area contributed by atoms with Gasteiger partial charge in [0, 0.05) is 62.8 Å². The monoisotopic (exact) mass is 474 g/mol. The molecular weight excluding hydrogens is 447 g/mol. The van der Waals surface area contributed by atoms with Crippen LogP contribution in [0.2, 0.25) is 0 Å². The molecule has 1 fully saturated rings. The number of fused-ring (bicyclic) bond motifs is 1. The summed E-state index contributed by atoms with van der Waals surface area (Å²) in [6.07, 6.45) is 3.54. The van der Waals surface area contributed by atoms with Gasteiger partial charge in [-0.15, -0.1) is 42.3 Å². The van der Waals surface area contributed by atoms with Crippen LogP contribution in [0.3, 0.4) is 0 Å². The van der Waals surface area contributed by atoms with E-state index < -0.39 is 0 Å². The third-order valence-electron chi connectivity index (χ3n) is 4.98. The number of anilines is 2. The highest BCUT2D eigenvalue weighted by Crippen LogP contribution is 2.25. The average molecular weight is 476 g/mol. The summed E-state index contributed by atoms with van der Waals surface area (Å²) in [5.41, 5.74) is 0.894. The van der Waals surface area contributed by atoms with Gasteiger partial charge in [0.15, 0.2) is 5.82 Å². The molecule has 1 aliphatic rings. The predicted octanol–water partition coefficient (Wildman–Crippen LogP) is 3.10. The van der Waals surface area contributed by atoms with Gasteiger partial charge in [0.25, 0.3) is 5.78 Å². The normalized spacial score (nSPS) is 15.7. The predicted molar refractivity (Wildman–Crippen MR) is 129 cm³/mol. The van der Waals surface area contributed by atoms with Gasteiger partial charge in [0.1, 0.15) is 11.6 Å². The average Bonchev–Trinajstić information content (AvgIpc) is 3.14. The van der Waals surface area contributed by atoms with Crippen molar-refractivity contribution in [3.05, 3.63) is 30.6 Å². The van der Waals surface area contributed by atoms with Crippen LogP contribution in [0.25, 0.3) is 17.2 Å². The number of piperazine rings is 1. The van der Waals surface area contributed by atoms with E-state index in [1.807, 2.05) is 16.6 Å². The van der Waals surface area contributed by atoms with E-state index in [1.54, 1.807) is 12.4 Å². The standard InChI is InChI=1S/C19H26N8.3ClH/c1-4-25(5-2)17-11-16(26-10-9-21-14(3)13-26)22-19-23-18(24-27(17)19)15-7-6-8-20-12-15;;;/h6-8,11-12,14,21H,4-5,9-10,13H2,1-3H3;3*1H. The van der Waals surface area contributed by atoms with Gasteiger partial charge in [-0.1, -0.05) is 0 Å². The van der Waals surface area contributed by atoms with Crippen molar-refractivity contribution in [2.24, 2.45) is 0 Å². The lowest BCUT2D eigenvalue weighted by Crippen LogP contribution is -2.49. The molecule has 4 rings (SSSR count). The van der Waals surface area contributed by atoms with Crippen LogP contribution in [-0.2, 0) is 0 Å². The molecule has 11 heteroatoms. The molecule has 3 aromatic heterocycles. The van der Waals surface area contributed by atoms with Crippen molar-refractivity contribution >= 4 is 54.6 Å². The summed E-state index contributed by atoms with van der Waals surface area (Å²) in [5, 5.41) is 8.22. The van der Waals surface area contributed by atoms with Crippen molar-refractivity contribution in [3.63, 3.8) is 0 Å². The minimum absolute atomic E-state index is 0. The Balaban J connectivity index is 0.00000150. The third-order valence-corrected chi connectivity index (χ3v) is 4.98. The fraction of sp³-hybridized carbons (Fsp3) is 0.474. The lowest BCUT2D eigenvalue weighted by molar-refractivity contribution is 0.482. The van der Waals surface area contributed by atoms with E-state index >= 15 is 0 Å². The molecule has 0 bridgehead atoms. The lowest BCUT2D eigenvalue weighted by Gasteiger charge is -2.33. The maximum atomic E-state index is 4.83. The minimum Gasteiger partial charge on any atom is -0.357 e. The van der Waals surface area contributed by atoms with Gasteiger partial charge in [-0.2, -0.15) is 14.5 Å². The molecule has 4 heterocycles. The molecule has 0 aromatic carbocycles. The third kappa shape index (κ3) is 5.24. The Morgan fingerprint density at radius 2 is 1.93 bits per heavy atom. The highest BCUT2D eigenvalue weighted by atomic mass is 35.5. The molecule has 8 nitrogen and oxygen atoms in total. The number of aromatic nitrogens is 5. The van der Waals surface area contributed by atoms with Crippen molar-refractivity contribution in [3.8, 4) is 11.4 Å². The van der Waals surface area contributed by atoms with E-state index in [0.29, 0.717) is 17.6 Å². The maximum Gasteiger partial charge on any atom is 0.256 e. The molecule has 0 amide bonds. The van der Waals surface area contributed by atoms with Crippen molar-refractivity contribution in [1.29, 1.82) is 0 Å². The van der Waals surface area contributed by atoms with Crippen molar-refractivity contribution in [2.75, 3.05) is 42.5 Å². The Kier molecular flexibility index (Phi) is 10.0. The molecule has 0 saturated carbocycles. The topological polar surface area (TPSA) is 74.5 Å². The second kappa shape index (κ2) is 11.5. The number of pyridine rings is 1. The van der Waals surface area contributed by atoms with E-state index in [4.69, 9.17) is 15.1 Å². The van der Waals surface area contributed by atoms with E-state index in [9.17, 15) is 0 Å². The van der Waals surface area contributed by atoms with Gasteiger partial charge < -0.3 is 15.1 Å². The van der Waals surface area contributed by atoms with Crippen LogP contribution in [0, 0.1) is 0 Å². The zero-order valence-electron chi connectivity index (χ0n) is 17.4. The summed E-state index contributed by atoms with van der Waals surface area (Å²) >= 11 is 0. The molecule has 3 aromatic rings. The Hall–Kier alpha value is -1.87. The first-order valence-electron chi connectivity index (χ1n) is 9.61. The fourth-order valence-electron chi connectivity index (χ4n) is 3.53. The summed E-state index contributed by atoms with van der Waals surface area (Å²) in [6, 6.07) is 6.45. The molecule has 1 N–H and O–H groups in total. The van der Waals surface area contributed by atoms with E-state index in [2.05, 4.69) is 46.9 Å². The zero-order valence-corrected chi connectivity index (χ0v) is 19.8. The van der Waals surface area contributed by atoms with Crippen LogP contribution >= 0.6 is 37.2 Å². The van der Waals surface area contributed by atoms with Crippen LogP contribution in [0.5, 0.6) is 0 Å². The Labute approximate surface area is 195 Å². The van der Waals surface area contributed by atoms with Gasteiger partial charge in [-0.25, -0.2) is 0 Å². The molecule has 1 atom stereocenters. The van der Waals surface area contributed by atoms with Gasteiger partial charge >= 0.3 is 0 Å². The number of rotatable bonds is 5. The van der Waals surface area contributed by atoms with Crippen LogP contribution in [0.1, 0.15) is 20.8 Å². The van der Waals surface area contributed by atoms with Gasteiger partial charge in [0.05, 0.1) is 0 Å². The van der Waals surface area contributed by atoms with Crippen molar-refractivity contribution in [2.45, 2.75) is 26.8 Å². The summed E-state index contributed by atoms with van der Waals surface area (Å²) in [7, 11) is 0. The first-order chi connectivity index (χ1) is 13.2. The maximum absolute atomic E-state index is 4.83. The van der Waals surface area contributed by atoms with E-state index in [1.165, 1.54) is 0 Å². The molecule has 166 valence electrons. The first kappa shape index (κ1) is 26.2. The largest absolute Gasteiger partial charge is 0.357 e. The molecule has 1 aliphatic heterocycles. The lowest BCUT2D eigenvalue weighted by atomic mass is 10.2. The van der Waals surface area contributed by atoms with E-state index in [-0.39, 0.29) is 37.2 Å². The quantitative estimate of drug-likeness (QED) is 0.608. The fourth-order valence-corrected chi connectivity index (χ4v) is 3.53. The van der Waals surface area contributed by atoms with Crippen LogP contribution in [-0.4, -0.2) is 63.3 Å². The molecule has 0 aliphatic carbocycles. The van der Waals surface area contributed by atoms with Gasteiger partial charge in [-0.3, -0.25) is 4.98 Å². The number of hydrogen-bond acceptors (Lipinski definition) is 7. The summed E-state index contributed by atoms with van der Waals surface area (Å²) in [5.74, 6) is 3.26. The second-order valence-electron chi connectivity index (χ2n) is 6.83. The number of nitrogens with zero attached hydrogens (tertiary/aromatic N) is 7. The van der Waals surface area contributed by atoms with Crippen molar-refractivity contribution in [1.82, 2.24) is 29.9 Å². The Morgan fingerprint density at radius 1 is 1.17 bits per heavy atom. The van der Waals surface area contributed by atoms with Gasteiger partial charge in [-0.05, 0) is 32.9 Å². The van der Waals surface area contributed by atoms with Crippen molar-refractivity contribution < 1.29 is 0 Å². The minimum atomic E-state index is 0. The summed E-state index contributed by atoms with van der Waals surface area (Å²) in [6.45, 7) is 11.1. The molecule has 30 heavy (non-hydrogen) atoms. The molecule has 1 unspecified atom stereocenters. The van der Waals surface area contributed by atoms with Crippen LogP contribution in [0.15, 0.2) is 30.6 Å². The van der Waals surface area contributed by atoms with Gasteiger partial charge in [0.2, 0.25) is 0 Å². The number of hydrogen-bond donors (Lipinski definition) is 1. The summed E-state index contributed by atoms with van der Waals surface area (Å²) in [4.78, 5) is 18.3.